The predicted octanol–water partition coefficient (Wildman–Crippen LogP) is -1.54. The van der Waals surface area contributed by atoms with Crippen molar-refractivity contribution in [3.05, 3.63) is 24.3 Å². The maximum absolute atomic E-state index is 9.89. The minimum absolute atomic E-state index is 0.111. The number of phenolic OH excluding ortho intramolecular Hbond substituents is 1. The molecule has 23 heavy (non-hydrogen) atoms. The van der Waals surface area contributed by atoms with Gasteiger partial charge in [-0.05, 0) is 36.5 Å². The van der Waals surface area contributed by atoms with Crippen molar-refractivity contribution >= 4 is 23.0 Å². The van der Waals surface area contributed by atoms with Gasteiger partial charge in [-0.2, -0.15) is 0 Å². The maximum atomic E-state index is 9.89. The van der Waals surface area contributed by atoms with Crippen LogP contribution in [0.4, 0.5) is 5.69 Å². The molecule has 0 aliphatic heterocycles. The number of likely N-dealkylation sites (N-methyl/N-ethyl adjacent to an activating group) is 1. The molecule has 7 N–H and O–H groups in total. The summed E-state index contributed by atoms with van der Waals surface area (Å²) in [5.41, 5.74) is 0.630. The molecule has 1 aromatic rings. The number of hydrogen-bond donors (Lipinski definition) is 7. The van der Waals surface area contributed by atoms with Gasteiger partial charge < -0.3 is 40.9 Å². The highest BCUT2D eigenvalue weighted by Crippen LogP contribution is 2.14. The molecule has 1 aromatic carbocycles. The number of nitrogens with one attached hydrogen (secondary N) is 1. The molecule has 0 spiro atoms. The first-order chi connectivity index (χ1) is 10.8. The number of aliphatic hydroxyl groups is 5. The smallest absolute Gasteiger partial charge is 0.173 e. The van der Waals surface area contributed by atoms with Crippen molar-refractivity contribution < 1.29 is 30.6 Å². The Morgan fingerprint density at radius 2 is 1.61 bits per heavy atom. The van der Waals surface area contributed by atoms with Gasteiger partial charge in [-0.15, -0.1) is 0 Å². The van der Waals surface area contributed by atoms with Gasteiger partial charge in [-0.3, -0.25) is 0 Å². The molecule has 4 atom stereocenters. The van der Waals surface area contributed by atoms with E-state index in [2.05, 4.69) is 5.32 Å². The monoisotopic (exact) mass is 346 g/mol. The van der Waals surface area contributed by atoms with Crippen molar-refractivity contribution in [2.75, 3.05) is 25.5 Å². The third-order valence-electron chi connectivity index (χ3n) is 3.25. The van der Waals surface area contributed by atoms with Gasteiger partial charge in [-0.1, -0.05) is 0 Å². The average Bonchev–Trinajstić information content (AvgIpc) is 2.54. The Bertz CT molecular complexity index is 501. The molecular weight excluding hydrogens is 324 g/mol. The van der Waals surface area contributed by atoms with E-state index in [1.807, 2.05) is 0 Å². The number of aliphatic hydroxyl groups excluding tert-OH is 5. The van der Waals surface area contributed by atoms with Gasteiger partial charge in [0.05, 0.1) is 6.61 Å². The lowest BCUT2D eigenvalue weighted by Crippen LogP contribution is -2.50. The average molecular weight is 346 g/mol. The molecule has 0 aliphatic rings. The van der Waals surface area contributed by atoms with Gasteiger partial charge in [0.2, 0.25) is 0 Å². The molecule has 0 heterocycles. The van der Waals surface area contributed by atoms with Crippen LogP contribution < -0.4 is 5.32 Å². The summed E-state index contributed by atoms with van der Waals surface area (Å²) in [4.78, 5) is 1.44. The Kier molecular flexibility index (Phi) is 7.62. The van der Waals surface area contributed by atoms with E-state index < -0.39 is 31.0 Å². The molecule has 1 rings (SSSR count). The van der Waals surface area contributed by atoms with Gasteiger partial charge in [0.25, 0.3) is 0 Å². The first-order valence-corrected chi connectivity index (χ1v) is 7.31. The second-order valence-corrected chi connectivity index (χ2v) is 5.54. The normalized spacial score (nSPS) is 16.3. The van der Waals surface area contributed by atoms with Crippen LogP contribution in [-0.2, 0) is 0 Å². The first kappa shape index (κ1) is 19.6. The van der Waals surface area contributed by atoms with E-state index in [4.69, 9.17) is 17.3 Å². The number of anilines is 1. The molecule has 0 aromatic heterocycles. The van der Waals surface area contributed by atoms with Gasteiger partial charge in [-0.25, -0.2) is 0 Å². The number of aromatic hydroxyl groups is 1. The molecule has 0 amide bonds. The lowest BCUT2D eigenvalue weighted by molar-refractivity contribution is -0.116. The molecule has 0 bridgehead atoms. The van der Waals surface area contributed by atoms with E-state index in [9.17, 15) is 25.5 Å². The fraction of sp³-hybridized carbons (Fsp3) is 0.500. The summed E-state index contributed by atoms with van der Waals surface area (Å²) in [6.07, 6.45) is -6.26. The highest BCUT2D eigenvalue weighted by Gasteiger charge is 2.30. The number of rotatable bonds is 7. The molecule has 8 nitrogen and oxygen atoms in total. The Morgan fingerprint density at radius 1 is 1.09 bits per heavy atom. The summed E-state index contributed by atoms with van der Waals surface area (Å²) >= 11 is 5.14. The Labute approximate surface area is 139 Å². The minimum Gasteiger partial charge on any atom is -0.508 e. The molecule has 0 unspecified atom stereocenters. The van der Waals surface area contributed by atoms with Crippen molar-refractivity contribution in [1.29, 1.82) is 0 Å². The summed E-state index contributed by atoms with van der Waals surface area (Å²) in [6, 6.07) is 6.19. The number of phenols is 1. The van der Waals surface area contributed by atoms with E-state index in [0.29, 0.717) is 5.69 Å². The van der Waals surface area contributed by atoms with Crippen LogP contribution in [0.2, 0.25) is 0 Å². The molecule has 0 aliphatic carbocycles. The van der Waals surface area contributed by atoms with Crippen LogP contribution in [-0.4, -0.2) is 85.3 Å². The van der Waals surface area contributed by atoms with Crippen LogP contribution >= 0.6 is 12.2 Å². The molecule has 0 radical (unpaired) electrons. The minimum atomic E-state index is -1.68. The number of hydrogen-bond acceptors (Lipinski definition) is 7. The van der Waals surface area contributed by atoms with Gasteiger partial charge in [0.1, 0.15) is 30.2 Å². The van der Waals surface area contributed by atoms with Crippen molar-refractivity contribution in [1.82, 2.24) is 4.90 Å². The predicted molar refractivity (Wildman–Crippen MR) is 88.1 cm³/mol. The van der Waals surface area contributed by atoms with Crippen LogP contribution in [0, 0.1) is 0 Å². The van der Waals surface area contributed by atoms with Gasteiger partial charge >= 0.3 is 0 Å². The van der Waals surface area contributed by atoms with Crippen LogP contribution in [0.5, 0.6) is 5.75 Å². The van der Waals surface area contributed by atoms with E-state index in [1.54, 1.807) is 19.2 Å². The van der Waals surface area contributed by atoms with E-state index in [-0.39, 0.29) is 17.4 Å². The standard InChI is InChI=1S/C14H22N2O6S/c1-16(6-10(19)12(21)13(22)11(20)7-17)14(23)15-8-2-4-9(18)5-3-8/h2-5,10-13,17-22H,6-7H2,1H3,(H,15,23)/t10-,11+,12+,13+/m0/s1. The summed E-state index contributed by atoms with van der Waals surface area (Å²) < 4.78 is 0. The lowest BCUT2D eigenvalue weighted by atomic mass is 10.0. The molecule has 0 saturated heterocycles. The topological polar surface area (TPSA) is 137 Å². The lowest BCUT2D eigenvalue weighted by Gasteiger charge is -2.29. The van der Waals surface area contributed by atoms with Crippen LogP contribution in [0.15, 0.2) is 24.3 Å². The summed E-state index contributed by atoms with van der Waals surface area (Å²) in [7, 11) is 1.57. The van der Waals surface area contributed by atoms with Crippen LogP contribution in [0.25, 0.3) is 0 Å². The van der Waals surface area contributed by atoms with Crippen molar-refractivity contribution in [2.45, 2.75) is 24.4 Å². The first-order valence-electron chi connectivity index (χ1n) is 6.90. The third-order valence-corrected chi connectivity index (χ3v) is 3.67. The fourth-order valence-electron chi connectivity index (χ4n) is 1.80. The van der Waals surface area contributed by atoms with Crippen molar-refractivity contribution in [3.8, 4) is 5.75 Å². The Hall–Kier alpha value is -1.49. The molecule has 130 valence electrons. The second-order valence-electron chi connectivity index (χ2n) is 5.16. The van der Waals surface area contributed by atoms with E-state index in [1.165, 1.54) is 17.0 Å². The van der Waals surface area contributed by atoms with Crippen LogP contribution in [0.1, 0.15) is 0 Å². The van der Waals surface area contributed by atoms with Crippen LogP contribution in [0.3, 0.4) is 0 Å². The van der Waals surface area contributed by atoms with Crippen molar-refractivity contribution in [2.24, 2.45) is 0 Å². The second kappa shape index (κ2) is 8.96. The molecule has 0 saturated carbocycles. The largest absolute Gasteiger partial charge is 0.508 e. The van der Waals surface area contributed by atoms with E-state index in [0.717, 1.165) is 0 Å². The van der Waals surface area contributed by atoms with Gasteiger partial charge in [0, 0.05) is 19.3 Å². The van der Waals surface area contributed by atoms with E-state index >= 15 is 0 Å². The highest BCUT2D eigenvalue weighted by atomic mass is 32.1. The number of benzene rings is 1. The third kappa shape index (κ3) is 5.90. The molecular formula is C14H22N2O6S. The maximum Gasteiger partial charge on any atom is 0.173 e. The number of thiocarbonyl (C=S) groups is 1. The fourth-order valence-corrected chi connectivity index (χ4v) is 1.99. The molecule has 0 fully saturated rings. The SMILES string of the molecule is CN(C[C@H](O)[C@@H](O)[C@H](O)[C@H](O)CO)C(=S)Nc1ccc(O)cc1. The zero-order valence-electron chi connectivity index (χ0n) is 12.6. The zero-order valence-corrected chi connectivity index (χ0v) is 13.4. The summed E-state index contributed by atoms with van der Waals surface area (Å²) in [5.74, 6) is 0.116. The molecule has 9 heteroatoms. The van der Waals surface area contributed by atoms with Crippen molar-refractivity contribution in [3.63, 3.8) is 0 Å². The quantitative estimate of drug-likeness (QED) is 0.231. The highest BCUT2D eigenvalue weighted by molar-refractivity contribution is 7.80. The zero-order chi connectivity index (χ0) is 17.6. The van der Waals surface area contributed by atoms with Gasteiger partial charge in [0.15, 0.2) is 5.11 Å². The summed E-state index contributed by atoms with van der Waals surface area (Å²) in [5, 5.41) is 59.5. The number of nitrogens with zero attached hydrogens (tertiary/aromatic N) is 1. The Balaban J connectivity index is 2.55. The Morgan fingerprint density at radius 3 is 2.13 bits per heavy atom. The summed E-state index contributed by atoms with van der Waals surface area (Å²) in [6.45, 7) is -0.845.